The van der Waals surface area contributed by atoms with Crippen molar-refractivity contribution in [3.05, 3.63) is 0 Å². The molecule has 2 fully saturated rings. The van der Waals surface area contributed by atoms with E-state index in [0.717, 1.165) is 30.8 Å². The number of nitrogens with zero attached hydrogens (tertiary/aromatic N) is 1. The van der Waals surface area contributed by atoms with Gasteiger partial charge in [0.1, 0.15) is 6.10 Å². The molecule has 1 aliphatic heterocycles. The molecule has 2 aliphatic rings. The highest BCUT2D eigenvalue weighted by Gasteiger charge is 2.30. The van der Waals surface area contributed by atoms with Crippen LogP contribution < -0.4 is 0 Å². The van der Waals surface area contributed by atoms with Crippen LogP contribution in [0.5, 0.6) is 0 Å². The summed E-state index contributed by atoms with van der Waals surface area (Å²) in [6, 6.07) is 0.332. The molecule has 2 rings (SSSR count). The predicted molar refractivity (Wildman–Crippen MR) is 73.0 cm³/mol. The summed E-state index contributed by atoms with van der Waals surface area (Å²) in [5.41, 5.74) is 0. The molecule has 1 atom stereocenters. The van der Waals surface area contributed by atoms with Gasteiger partial charge in [-0.3, -0.25) is 0 Å². The topological polar surface area (TPSA) is 38.8 Å². The fourth-order valence-electron chi connectivity index (χ4n) is 2.60. The van der Waals surface area contributed by atoms with Gasteiger partial charge in [-0.1, -0.05) is 0 Å². The molecule has 4 nitrogen and oxygen atoms in total. The van der Waals surface area contributed by atoms with Gasteiger partial charge in [0.2, 0.25) is 0 Å². The van der Waals surface area contributed by atoms with Gasteiger partial charge in [-0.2, -0.15) is 11.8 Å². The van der Waals surface area contributed by atoms with E-state index in [1.807, 2.05) is 16.7 Å². The van der Waals surface area contributed by atoms with Gasteiger partial charge in [0.05, 0.1) is 6.61 Å². The van der Waals surface area contributed by atoms with Crippen LogP contribution in [0.1, 0.15) is 32.1 Å². The van der Waals surface area contributed by atoms with Crippen molar-refractivity contribution in [1.82, 2.24) is 4.90 Å². The first-order chi connectivity index (χ1) is 8.81. The average molecular weight is 273 g/mol. The van der Waals surface area contributed by atoms with Crippen LogP contribution in [0.2, 0.25) is 0 Å². The zero-order chi connectivity index (χ0) is 12.8. The standard InChI is InChI=1S/C13H23NO3S/c1-16-8-7-14(11-6-9-18-10-11)13(15)17-12-4-2-3-5-12/h11-12H,2-10H2,1H3. The van der Waals surface area contributed by atoms with Crippen LogP contribution in [0.4, 0.5) is 4.79 Å². The van der Waals surface area contributed by atoms with Crippen molar-refractivity contribution < 1.29 is 14.3 Å². The van der Waals surface area contributed by atoms with E-state index in [-0.39, 0.29) is 12.2 Å². The molecule has 5 heteroatoms. The summed E-state index contributed by atoms with van der Waals surface area (Å²) in [6.45, 7) is 1.23. The lowest BCUT2D eigenvalue weighted by Gasteiger charge is -2.28. The quantitative estimate of drug-likeness (QED) is 0.771. The van der Waals surface area contributed by atoms with Gasteiger partial charge in [-0.25, -0.2) is 4.79 Å². The third-order valence-electron chi connectivity index (χ3n) is 3.69. The molecule has 0 radical (unpaired) electrons. The SMILES string of the molecule is COCCN(C(=O)OC1CCCC1)C1CCSC1. The molecule has 0 N–H and O–H groups in total. The second-order valence-electron chi connectivity index (χ2n) is 4.99. The van der Waals surface area contributed by atoms with Crippen molar-refractivity contribution in [2.75, 3.05) is 31.8 Å². The highest BCUT2D eigenvalue weighted by Crippen LogP contribution is 2.25. The first-order valence-electron chi connectivity index (χ1n) is 6.85. The number of ether oxygens (including phenoxy) is 2. The Hall–Kier alpha value is -0.420. The van der Waals surface area contributed by atoms with E-state index in [2.05, 4.69) is 0 Å². The minimum absolute atomic E-state index is 0.133. The lowest BCUT2D eigenvalue weighted by atomic mass is 10.2. The maximum atomic E-state index is 12.2. The summed E-state index contributed by atoms with van der Waals surface area (Å²) in [7, 11) is 1.67. The molecule has 0 spiro atoms. The van der Waals surface area contributed by atoms with E-state index >= 15 is 0 Å². The molecule has 0 bridgehead atoms. The number of methoxy groups -OCH3 is 1. The molecule has 0 aromatic heterocycles. The number of rotatable bonds is 5. The Morgan fingerprint density at radius 2 is 2.11 bits per heavy atom. The predicted octanol–water partition coefficient (Wildman–Crippen LogP) is 2.52. The number of carbonyl (C=O) groups is 1. The maximum absolute atomic E-state index is 12.2. The number of hydrogen-bond donors (Lipinski definition) is 0. The van der Waals surface area contributed by atoms with E-state index in [4.69, 9.17) is 9.47 Å². The van der Waals surface area contributed by atoms with E-state index < -0.39 is 0 Å². The fourth-order valence-corrected chi connectivity index (χ4v) is 3.82. The van der Waals surface area contributed by atoms with Crippen molar-refractivity contribution >= 4 is 17.9 Å². The normalized spacial score (nSPS) is 24.4. The van der Waals surface area contributed by atoms with E-state index in [1.54, 1.807) is 7.11 Å². The number of carbonyl (C=O) groups excluding carboxylic acids is 1. The minimum Gasteiger partial charge on any atom is -0.446 e. The zero-order valence-electron chi connectivity index (χ0n) is 11.1. The van der Waals surface area contributed by atoms with Crippen LogP contribution in [-0.2, 0) is 9.47 Å². The van der Waals surface area contributed by atoms with Gasteiger partial charge < -0.3 is 14.4 Å². The molecule has 1 saturated carbocycles. The third kappa shape index (κ3) is 3.79. The van der Waals surface area contributed by atoms with Gasteiger partial charge in [0.25, 0.3) is 0 Å². The van der Waals surface area contributed by atoms with Gasteiger partial charge in [-0.15, -0.1) is 0 Å². The lowest BCUT2D eigenvalue weighted by molar-refractivity contribution is 0.0464. The third-order valence-corrected chi connectivity index (χ3v) is 4.83. The Morgan fingerprint density at radius 3 is 2.72 bits per heavy atom. The van der Waals surface area contributed by atoms with Crippen LogP contribution >= 0.6 is 11.8 Å². The highest BCUT2D eigenvalue weighted by atomic mass is 32.2. The molecular weight excluding hydrogens is 250 g/mol. The highest BCUT2D eigenvalue weighted by molar-refractivity contribution is 7.99. The minimum atomic E-state index is -0.133. The Bertz CT molecular complexity index is 263. The van der Waals surface area contributed by atoms with Crippen molar-refractivity contribution in [3.63, 3.8) is 0 Å². The lowest BCUT2D eigenvalue weighted by Crippen LogP contribution is -2.43. The number of amides is 1. The molecule has 0 aromatic rings. The van der Waals surface area contributed by atoms with Crippen LogP contribution in [0.15, 0.2) is 0 Å². The van der Waals surface area contributed by atoms with Gasteiger partial charge in [-0.05, 0) is 37.9 Å². The summed E-state index contributed by atoms with van der Waals surface area (Å²) < 4.78 is 10.7. The summed E-state index contributed by atoms with van der Waals surface area (Å²) in [5.74, 6) is 2.17. The molecular formula is C13H23NO3S. The Kier molecular flexibility index (Phi) is 5.63. The summed E-state index contributed by atoms with van der Waals surface area (Å²) in [6.07, 6.45) is 5.54. The molecule has 0 aromatic carbocycles. The smallest absolute Gasteiger partial charge is 0.410 e. The van der Waals surface area contributed by atoms with Crippen molar-refractivity contribution in [3.8, 4) is 0 Å². The zero-order valence-corrected chi connectivity index (χ0v) is 11.9. The Morgan fingerprint density at radius 1 is 1.33 bits per heavy atom. The van der Waals surface area contributed by atoms with Crippen LogP contribution in [-0.4, -0.2) is 54.9 Å². The van der Waals surface area contributed by atoms with Gasteiger partial charge >= 0.3 is 6.09 Å². The Labute approximate surface area is 113 Å². The molecule has 1 amide bonds. The van der Waals surface area contributed by atoms with Crippen LogP contribution in [0.25, 0.3) is 0 Å². The monoisotopic (exact) mass is 273 g/mol. The van der Waals surface area contributed by atoms with E-state index in [9.17, 15) is 4.79 Å². The second kappa shape index (κ2) is 7.24. The Balaban J connectivity index is 1.86. The van der Waals surface area contributed by atoms with E-state index in [0.29, 0.717) is 19.2 Å². The largest absolute Gasteiger partial charge is 0.446 e. The fraction of sp³-hybridized carbons (Fsp3) is 0.923. The van der Waals surface area contributed by atoms with Crippen LogP contribution in [0.3, 0.4) is 0 Å². The molecule has 1 unspecified atom stereocenters. The second-order valence-corrected chi connectivity index (χ2v) is 6.14. The molecule has 1 aliphatic carbocycles. The molecule has 18 heavy (non-hydrogen) atoms. The molecule has 1 heterocycles. The van der Waals surface area contributed by atoms with Crippen molar-refractivity contribution in [1.29, 1.82) is 0 Å². The molecule has 104 valence electrons. The maximum Gasteiger partial charge on any atom is 0.410 e. The van der Waals surface area contributed by atoms with Gasteiger partial charge in [0.15, 0.2) is 0 Å². The first-order valence-corrected chi connectivity index (χ1v) is 8.00. The summed E-state index contributed by atoms with van der Waals surface area (Å²) in [4.78, 5) is 14.1. The number of hydrogen-bond acceptors (Lipinski definition) is 4. The summed E-state index contributed by atoms with van der Waals surface area (Å²) in [5, 5.41) is 0. The van der Waals surface area contributed by atoms with Crippen LogP contribution in [0, 0.1) is 0 Å². The van der Waals surface area contributed by atoms with Gasteiger partial charge in [0, 0.05) is 25.4 Å². The first kappa shape index (κ1) is 14.0. The number of thioether (sulfide) groups is 1. The van der Waals surface area contributed by atoms with Crippen molar-refractivity contribution in [2.45, 2.75) is 44.2 Å². The van der Waals surface area contributed by atoms with Crippen molar-refractivity contribution in [2.24, 2.45) is 0 Å². The summed E-state index contributed by atoms with van der Waals surface area (Å²) >= 11 is 1.91. The van der Waals surface area contributed by atoms with E-state index in [1.165, 1.54) is 12.8 Å². The molecule has 1 saturated heterocycles. The average Bonchev–Trinajstić information content (AvgIpc) is 3.02.